The molecular weight excluding hydrogens is 332 g/mol. The minimum Gasteiger partial charge on any atom is -0.460 e. The number of rotatable bonds is 6. The molecule has 0 aliphatic carbocycles. The van der Waals surface area contributed by atoms with E-state index < -0.39 is 12.0 Å². The molecule has 0 aromatic heterocycles. The van der Waals surface area contributed by atoms with E-state index in [2.05, 4.69) is 5.32 Å². The molecule has 1 atom stereocenters. The van der Waals surface area contributed by atoms with Gasteiger partial charge in [0.15, 0.2) is 0 Å². The minimum atomic E-state index is -0.578. The Kier molecular flexibility index (Phi) is 6.23. The fourth-order valence-corrected chi connectivity index (χ4v) is 2.55. The Bertz CT molecular complexity index is 642. The SMILES string of the molecule is CCOCCOC(=O)C1=C(C)N(C)C(=O)N[C@@H]1c1ccc(Cl)cc1. The lowest BCUT2D eigenvalue weighted by molar-refractivity contribution is -0.141. The number of carbonyl (C=O) groups is 2. The van der Waals surface area contributed by atoms with Crippen LogP contribution in [0.5, 0.6) is 0 Å². The average molecular weight is 353 g/mol. The van der Waals surface area contributed by atoms with Crippen molar-refractivity contribution in [2.24, 2.45) is 0 Å². The van der Waals surface area contributed by atoms with Crippen LogP contribution in [0.15, 0.2) is 35.5 Å². The standard InChI is InChI=1S/C17H21ClN2O4/c1-4-23-9-10-24-16(21)14-11(2)20(3)17(22)19-15(14)12-5-7-13(18)8-6-12/h5-8,15H,4,9-10H2,1-3H3,(H,19,22)/t15-/m1/s1. The van der Waals surface area contributed by atoms with Crippen LogP contribution in [0.3, 0.4) is 0 Å². The van der Waals surface area contributed by atoms with Gasteiger partial charge in [-0.25, -0.2) is 9.59 Å². The van der Waals surface area contributed by atoms with Crippen molar-refractivity contribution >= 4 is 23.6 Å². The Labute approximate surface area is 146 Å². The number of hydrogen-bond acceptors (Lipinski definition) is 4. The number of amides is 2. The van der Waals surface area contributed by atoms with Gasteiger partial charge in [-0.1, -0.05) is 23.7 Å². The van der Waals surface area contributed by atoms with Gasteiger partial charge in [-0.05, 0) is 31.5 Å². The van der Waals surface area contributed by atoms with E-state index in [4.69, 9.17) is 21.1 Å². The molecule has 24 heavy (non-hydrogen) atoms. The second-order valence-corrected chi connectivity index (χ2v) is 5.76. The summed E-state index contributed by atoms with van der Waals surface area (Å²) in [5.41, 5.74) is 1.72. The number of nitrogens with one attached hydrogen (secondary N) is 1. The molecule has 6 nitrogen and oxygen atoms in total. The summed E-state index contributed by atoms with van der Waals surface area (Å²) >= 11 is 5.92. The van der Waals surface area contributed by atoms with Crippen molar-refractivity contribution in [3.63, 3.8) is 0 Å². The van der Waals surface area contributed by atoms with Crippen LogP contribution in [0.25, 0.3) is 0 Å². The fraction of sp³-hybridized carbons (Fsp3) is 0.412. The third-order valence-electron chi connectivity index (χ3n) is 3.84. The van der Waals surface area contributed by atoms with Gasteiger partial charge >= 0.3 is 12.0 Å². The molecule has 0 saturated carbocycles. The highest BCUT2D eigenvalue weighted by molar-refractivity contribution is 6.30. The van der Waals surface area contributed by atoms with E-state index in [0.717, 1.165) is 5.56 Å². The molecule has 7 heteroatoms. The monoisotopic (exact) mass is 352 g/mol. The zero-order valence-corrected chi connectivity index (χ0v) is 14.7. The van der Waals surface area contributed by atoms with Gasteiger partial charge in [0.1, 0.15) is 6.61 Å². The Morgan fingerprint density at radius 3 is 2.58 bits per heavy atom. The number of hydrogen-bond donors (Lipinski definition) is 1. The quantitative estimate of drug-likeness (QED) is 0.631. The molecule has 0 spiro atoms. The van der Waals surface area contributed by atoms with Crippen LogP contribution in [-0.2, 0) is 14.3 Å². The van der Waals surface area contributed by atoms with Gasteiger partial charge in [-0.3, -0.25) is 0 Å². The first kappa shape index (κ1) is 18.3. The summed E-state index contributed by atoms with van der Waals surface area (Å²) < 4.78 is 10.5. The number of carbonyl (C=O) groups excluding carboxylic acids is 2. The second kappa shape index (κ2) is 8.17. The molecule has 1 aliphatic heterocycles. The number of allylic oxidation sites excluding steroid dienone is 1. The van der Waals surface area contributed by atoms with Gasteiger partial charge in [0, 0.05) is 24.4 Å². The number of nitrogens with zero attached hydrogens (tertiary/aromatic N) is 1. The largest absolute Gasteiger partial charge is 0.460 e. The molecule has 0 radical (unpaired) electrons. The highest BCUT2D eigenvalue weighted by Crippen LogP contribution is 2.31. The Balaban J connectivity index is 2.28. The van der Waals surface area contributed by atoms with Crippen LogP contribution in [0.2, 0.25) is 5.02 Å². The molecule has 0 unspecified atom stereocenters. The number of urea groups is 1. The van der Waals surface area contributed by atoms with E-state index in [-0.39, 0.29) is 12.6 Å². The van der Waals surface area contributed by atoms with Crippen LogP contribution in [0.4, 0.5) is 4.79 Å². The van der Waals surface area contributed by atoms with Crippen molar-refractivity contribution < 1.29 is 19.1 Å². The first-order valence-electron chi connectivity index (χ1n) is 7.71. The van der Waals surface area contributed by atoms with E-state index in [9.17, 15) is 9.59 Å². The topological polar surface area (TPSA) is 67.9 Å². The summed E-state index contributed by atoms with van der Waals surface area (Å²) in [7, 11) is 1.61. The summed E-state index contributed by atoms with van der Waals surface area (Å²) in [6.07, 6.45) is 0. The fourth-order valence-electron chi connectivity index (χ4n) is 2.42. The van der Waals surface area contributed by atoms with Crippen molar-refractivity contribution in [3.8, 4) is 0 Å². The van der Waals surface area contributed by atoms with Crippen molar-refractivity contribution in [3.05, 3.63) is 46.1 Å². The summed E-state index contributed by atoms with van der Waals surface area (Å²) in [4.78, 5) is 26.0. The Morgan fingerprint density at radius 1 is 1.29 bits per heavy atom. The Hall–Kier alpha value is -2.05. The van der Waals surface area contributed by atoms with Crippen molar-refractivity contribution in [2.75, 3.05) is 26.9 Å². The van der Waals surface area contributed by atoms with E-state index in [1.165, 1.54) is 4.90 Å². The van der Waals surface area contributed by atoms with E-state index in [1.54, 1.807) is 38.2 Å². The molecule has 2 amide bonds. The number of ether oxygens (including phenoxy) is 2. The molecule has 2 rings (SSSR count). The zero-order valence-electron chi connectivity index (χ0n) is 14.0. The predicted molar refractivity (Wildman–Crippen MR) is 90.6 cm³/mol. The molecule has 0 bridgehead atoms. The minimum absolute atomic E-state index is 0.161. The maximum absolute atomic E-state index is 12.5. The van der Waals surface area contributed by atoms with Crippen LogP contribution in [0, 0.1) is 0 Å². The smallest absolute Gasteiger partial charge is 0.338 e. The Morgan fingerprint density at radius 2 is 1.96 bits per heavy atom. The number of esters is 1. The third kappa shape index (κ3) is 4.07. The lowest BCUT2D eigenvalue weighted by Gasteiger charge is -2.33. The lowest BCUT2D eigenvalue weighted by atomic mass is 9.95. The summed E-state index contributed by atoms with van der Waals surface area (Å²) in [5, 5.41) is 3.40. The highest BCUT2D eigenvalue weighted by Gasteiger charge is 2.34. The first-order chi connectivity index (χ1) is 11.5. The van der Waals surface area contributed by atoms with Gasteiger partial charge in [0.05, 0.1) is 18.2 Å². The number of benzene rings is 1. The summed E-state index contributed by atoms with van der Waals surface area (Å²) in [5.74, 6) is -0.473. The molecular formula is C17H21ClN2O4. The van der Waals surface area contributed by atoms with Gasteiger partial charge in [-0.15, -0.1) is 0 Å². The van der Waals surface area contributed by atoms with Gasteiger partial charge in [0.2, 0.25) is 0 Å². The molecule has 0 saturated heterocycles. The molecule has 1 N–H and O–H groups in total. The van der Waals surface area contributed by atoms with Gasteiger partial charge < -0.3 is 19.7 Å². The molecule has 0 fully saturated rings. The van der Waals surface area contributed by atoms with Crippen molar-refractivity contribution in [1.82, 2.24) is 10.2 Å². The van der Waals surface area contributed by atoms with Crippen molar-refractivity contribution in [1.29, 1.82) is 0 Å². The van der Waals surface area contributed by atoms with E-state index in [0.29, 0.717) is 29.5 Å². The first-order valence-corrected chi connectivity index (χ1v) is 8.08. The predicted octanol–water partition coefficient (Wildman–Crippen LogP) is 2.89. The van der Waals surface area contributed by atoms with Crippen LogP contribution in [0.1, 0.15) is 25.5 Å². The molecule has 1 aromatic rings. The maximum atomic E-state index is 12.5. The highest BCUT2D eigenvalue weighted by atomic mass is 35.5. The average Bonchev–Trinajstić information content (AvgIpc) is 2.57. The molecule has 1 aromatic carbocycles. The maximum Gasteiger partial charge on any atom is 0.338 e. The normalized spacial score (nSPS) is 17.8. The summed E-state index contributed by atoms with van der Waals surface area (Å²) in [6.45, 7) is 4.65. The molecule has 130 valence electrons. The van der Waals surface area contributed by atoms with Crippen LogP contribution in [-0.4, -0.2) is 43.8 Å². The van der Waals surface area contributed by atoms with E-state index >= 15 is 0 Å². The van der Waals surface area contributed by atoms with Gasteiger partial charge in [0.25, 0.3) is 0 Å². The van der Waals surface area contributed by atoms with Crippen molar-refractivity contribution in [2.45, 2.75) is 19.9 Å². The number of halogens is 1. The lowest BCUT2D eigenvalue weighted by Crippen LogP contribution is -2.46. The third-order valence-corrected chi connectivity index (χ3v) is 4.09. The van der Waals surface area contributed by atoms with Gasteiger partial charge in [-0.2, -0.15) is 0 Å². The summed E-state index contributed by atoms with van der Waals surface area (Å²) in [6, 6.07) is 6.13. The van der Waals surface area contributed by atoms with Crippen LogP contribution >= 0.6 is 11.6 Å². The van der Waals surface area contributed by atoms with E-state index in [1.807, 2.05) is 6.92 Å². The zero-order chi connectivity index (χ0) is 17.7. The second-order valence-electron chi connectivity index (χ2n) is 5.32. The van der Waals surface area contributed by atoms with Crippen LogP contribution < -0.4 is 5.32 Å². The molecule has 1 heterocycles. The molecule has 1 aliphatic rings.